The van der Waals surface area contributed by atoms with Gasteiger partial charge in [0.2, 0.25) is 11.8 Å². The van der Waals surface area contributed by atoms with Gasteiger partial charge in [0.25, 0.3) is 0 Å². The molecule has 0 aromatic heterocycles. The van der Waals surface area contributed by atoms with Crippen molar-refractivity contribution in [1.29, 1.82) is 0 Å². The second-order valence-electron chi connectivity index (χ2n) is 5.17. The molecule has 1 aliphatic rings. The van der Waals surface area contributed by atoms with E-state index in [1.165, 1.54) is 30.0 Å². The van der Waals surface area contributed by atoms with Crippen LogP contribution >= 0.6 is 35.0 Å². The zero-order valence-corrected chi connectivity index (χ0v) is 15.3. The number of hydrogen-bond donors (Lipinski definition) is 1. The number of carbonyl (C=O) groups is 3. The number of ether oxygens (including phenoxy) is 1. The van der Waals surface area contributed by atoms with Gasteiger partial charge in [0.05, 0.1) is 23.3 Å². The summed E-state index contributed by atoms with van der Waals surface area (Å²) in [4.78, 5) is 37.4. The number of nitrogens with zero attached hydrogens (tertiary/aromatic N) is 1. The van der Waals surface area contributed by atoms with Gasteiger partial charge >= 0.3 is 5.97 Å². The summed E-state index contributed by atoms with van der Waals surface area (Å²) in [6.45, 7) is 1.99. The van der Waals surface area contributed by atoms with Gasteiger partial charge in [-0.05, 0) is 25.1 Å². The number of halogens is 2. The molecule has 1 saturated heterocycles. The van der Waals surface area contributed by atoms with Crippen molar-refractivity contribution in [3.63, 3.8) is 0 Å². The molecule has 1 heterocycles. The average Bonchev–Trinajstić information content (AvgIpc) is 2.78. The third-order valence-electron chi connectivity index (χ3n) is 3.33. The maximum atomic E-state index is 12.5. The first kappa shape index (κ1) is 19.1. The van der Waals surface area contributed by atoms with Crippen molar-refractivity contribution in [3.05, 3.63) is 28.2 Å². The molecule has 2 rings (SSSR count). The van der Waals surface area contributed by atoms with Gasteiger partial charge in [-0.1, -0.05) is 23.2 Å². The summed E-state index contributed by atoms with van der Waals surface area (Å²) in [5.74, 6) is -0.792. The molecule has 0 saturated carbocycles. The Bertz CT molecular complexity index is 651. The van der Waals surface area contributed by atoms with E-state index >= 15 is 0 Å². The number of thioether (sulfide) groups is 1. The molecule has 0 spiro atoms. The topological polar surface area (TPSA) is 91.3 Å². The Kier molecular flexibility index (Phi) is 6.51. The standard InChI is InChI=1S/C15H16Cl2N2O4S/c1-2-23-15(22)11(18)7-24-12-6-13(20)19(14(12)21)10-4-8(16)3-9(17)5-10/h3-5,11-12H,2,6-7,18H2,1H3/p+1/t11-,12+/m1/s1. The van der Waals surface area contributed by atoms with E-state index < -0.39 is 17.3 Å². The van der Waals surface area contributed by atoms with E-state index in [1.807, 2.05) is 0 Å². The predicted molar refractivity (Wildman–Crippen MR) is 93.1 cm³/mol. The number of esters is 1. The maximum absolute atomic E-state index is 12.5. The number of rotatable bonds is 6. The predicted octanol–water partition coefficient (Wildman–Crippen LogP) is 1.53. The van der Waals surface area contributed by atoms with Crippen LogP contribution in [0.2, 0.25) is 10.0 Å². The van der Waals surface area contributed by atoms with Crippen LogP contribution in [0.5, 0.6) is 0 Å². The Morgan fingerprint density at radius 1 is 1.38 bits per heavy atom. The van der Waals surface area contributed by atoms with E-state index in [4.69, 9.17) is 27.9 Å². The molecule has 1 aromatic rings. The van der Waals surface area contributed by atoms with E-state index in [0.29, 0.717) is 21.5 Å². The third kappa shape index (κ3) is 4.42. The Morgan fingerprint density at radius 3 is 2.58 bits per heavy atom. The third-order valence-corrected chi connectivity index (χ3v) is 5.13. The first-order chi connectivity index (χ1) is 11.3. The van der Waals surface area contributed by atoms with E-state index in [1.54, 1.807) is 6.92 Å². The van der Waals surface area contributed by atoms with Crippen LogP contribution in [0.4, 0.5) is 5.69 Å². The zero-order chi connectivity index (χ0) is 17.9. The first-order valence-electron chi connectivity index (χ1n) is 7.27. The molecule has 9 heteroatoms. The number of anilines is 1. The van der Waals surface area contributed by atoms with Gasteiger partial charge in [0, 0.05) is 16.5 Å². The number of hydrogen-bond acceptors (Lipinski definition) is 5. The quantitative estimate of drug-likeness (QED) is 0.586. The van der Waals surface area contributed by atoms with Gasteiger partial charge in [-0.15, -0.1) is 11.8 Å². The maximum Gasteiger partial charge on any atom is 0.365 e. The Morgan fingerprint density at radius 2 is 2.00 bits per heavy atom. The number of carbonyl (C=O) groups excluding carboxylic acids is 3. The summed E-state index contributed by atoms with van der Waals surface area (Å²) in [7, 11) is 0. The molecule has 0 aliphatic carbocycles. The fraction of sp³-hybridized carbons (Fsp3) is 0.400. The summed E-state index contributed by atoms with van der Waals surface area (Å²) >= 11 is 13.1. The fourth-order valence-corrected chi connectivity index (χ4v) is 3.86. The largest absolute Gasteiger partial charge is 0.462 e. The van der Waals surface area contributed by atoms with Crippen molar-refractivity contribution < 1.29 is 24.9 Å². The molecular formula is C15H17Cl2N2O4S+. The van der Waals surface area contributed by atoms with E-state index in [2.05, 4.69) is 5.73 Å². The van der Waals surface area contributed by atoms with Gasteiger partial charge < -0.3 is 10.5 Å². The molecular weight excluding hydrogens is 375 g/mol. The van der Waals surface area contributed by atoms with Crippen LogP contribution in [0.3, 0.4) is 0 Å². The second kappa shape index (κ2) is 8.20. The lowest BCUT2D eigenvalue weighted by Gasteiger charge is -2.16. The molecule has 1 aromatic carbocycles. The lowest BCUT2D eigenvalue weighted by atomic mass is 10.3. The van der Waals surface area contributed by atoms with Gasteiger partial charge in [-0.2, -0.15) is 0 Å². The minimum Gasteiger partial charge on any atom is -0.462 e. The van der Waals surface area contributed by atoms with Crippen LogP contribution in [0.1, 0.15) is 13.3 Å². The van der Waals surface area contributed by atoms with Crippen molar-refractivity contribution >= 4 is 58.4 Å². The van der Waals surface area contributed by atoms with Crippen molar-refractivity contribution in [2.75, 3.05) is 17.3 Å². The second-order valence-corrected chi connectivity index (χ2v) is 7.28. The highest BCUT2D eigenvalue weighted by Gasteiger charge is 2.40. The van der Waals surface area contributed by atoms with Gasteiger partial charge in [-0.3, -0.25) is 9.59 Å². The highest BCUT2D eigenvalue weighted by molar-refractivity contribution is 8.00. The molecule has 2 amide bonds. The van der Waals surface area contributed by atoms with Crippen LogP contribution in [-0.2, 0) is 19.1 Å². The summed E-state index contributed by atoms with van der Waals surface area (Å²) in [5.41, 5.74) is 4.07. The molecule has 24 heavy (non-hydrogen) atoms. The Labute approximate surface area is 153 Å². The molecule has 1 aliphatic heterocycles. The molecule has 0 radical (unpaired) electrons. The van der Waals surface area contributed by atoms with E-state index in [-0.39, 0.29) is 24.8 Å². The summed E-state index contributed by atoms with van der Waals surface area (Å²) < 4.78 is 4.88. The van der Waals surface area contributed by atoms with Gasteiger partial charge in [0.15, 0.2) is 6.04 Å². The SMILES string of the molecule is CCOC(=O)[C@H]([NH3+])CS[C@H]1CC(=O)N(c2cc(Cl)cc(Cl)c2)C1=O. The number of imide groups is 1. The minimum absolute atomic E-state index is 0.0587. The van der Waals surface area contributed by atoms with Gasteiger partial charge in [-0.25, -0.2) is 9.69 Å². The highest BCUT2D eigenvalue weighted by Crippen LogP contribution is 2.32. The Balaban J connectivity index is 2.05. The average molecular weight is 392 g/mol. The zero-order valence-electron chi connectivity index (χ0n) is 13.0. The summed E-state index contributed by atoms with van der Waals surface area (Å²) in [6.07, 6.45) is 0.0587. The fourth-order valence-electron chi connectivity index (χ4n) is 2.23. The summed E-state index contributed by atoms with van der Waals surface area (Å²) in [5, 5.41) is 0.123. The molecule has 3 N–H and O–H groups in total. The molecule has 0 unspecified atom stereocenters. The van der Waals surface area contributed by atoms with Crippen LogP contribution in [-0.4, -0.2) is 41.4 Å². The number of quaternary nitrogens is 1. The van der Waals surface area contributed by atoms with Crippen molar-refractivity contribution in [2.24, 2.45) is 0 Å². The van der Waals surface area contributed by atoms with Crippen LogP contribution in [0, 0.1) is 0 Å². The van der Waals surface area contributed by atoms with E-state index in [0.717, 1.165) is 4.90 Å². The molecule has 0 bridgehead atoms. The van der Waals surface area contributed by atoms with Crippen molar-refractivity contribution in [2.45, 2.75) is 24.6 Å². The molecule has 1 fully saturated rings. The normalized spacial score (nSPS) is 18.8. The number of benzene rings is 1. The highest BCUT2D eigenvalue weighted by atomic mass is 35.5. The van der Waals surface area contributed by atoms with Gasteiger partial charge in [0.1, 0.15) is 0 Å². The van der Waals surface area contributed by atoms with Crippen LogP contribution in [0.15, 0.2) is 18.2 Å². The van der Waals surface area contributed by atoms with Crippen LogP contribution < -0.4 is 10.6 Å². The molecule has 130 valence electrons. The van der Waals surface area contributed by atoms with Crippen molar-refractivity contribution in [1.82, 2.24) is 0 Å². The van der Waals surface area contributed by atoms with E-state index in [9.17, 15) is 14.4 Å². The van der Waals surface area contributed by atoms with Crippen molar-refractivity contribution in [3.8, 4) is 0 Å². The lowest BCUT2D eigenvalue weighted by Crippen LogP contribution is -2.66. The first-order valence-corrected chi connectivity index (χ1v) is 9.08. The summed E-state index contributed by atoms with van der Waals surface area (Å²) in [6, 6.07) is 3.96. The minimum atomic E-state index is -0.590. The van der Waals surface area contributed by atoms with Crippen LogP contribution in [0.25, 0.3) is 0 Å². The lowest BCUT2D eigenvalue weighted by molar-refractivity contribution is -0.401. The monoisotopic (exact) mass is 391 g/mol. The molecule has 2 atom stereocenters. The number of amides is 2. The smallest absolute Gasteiger partial charge is 0.365 e. The Hall–Kier alpha value is -1.28. The molecule has 6 nitrogen and oxygen atoms in total.